The molecule has 96 valence electrons. The molecule has 4 nitrogen and oxygen atoms in total. The van der Waals surface area contributed by atoms with Crippen LogP contribution in [0, 0.1) is 5.92 Å². The van der Waals surface area contributed by atoms with Gasteiger partial charge in [0.15, 0.2) is 0 Å². The lowest BCUT2D eigenvalue weighted by Crippen LogP contribution is -2.45. The van der Waals surface area contributed by atoms with Crippen molar-refractivity contribution in [1.82, 2.24) is 4.90 Å². The summed E-state index contributed by atoms with van der Waals surface area (Å²) >= 11 is 0. The van der Waals surface area contributed by atoms with Gasteiger partial charge in [0.1, 0.15) is 0 Å². The van der Waals surface area contributed by atoms with E-state index < -0.39 is 6.04 Å². The number of imide groups is 1. The zero-order chi connectivity index (χ0) is 13.3. The van der Waals surface area contributed by atoms with Gasteiger partial charge >= 0.3 is 0 Å². The van der Waals surface area contributed by atoms with Crippen LogP contribution in [0.5, 0.6) is 0 Å². The monoisotopic (exact) mass is 247 g/mol. The largest absolute Gasteiger partial charge is 0.394 e. The molecule has 4 heteroatoms. The van der Waals surface area contributed by atoms with Crippen LogP contribution in [-0.2, 0) is 0 Å². The van der Waals surface area contributed by atoms with E-state index in [2.05, 4.69) is 0 Å². The number of carbonyl (C=O) groups excluding carboxylic acids is 2. The molecule has 0 aromatic heterocycles. The van der Waals surface area contributed by atoms with Gasteiger partial charge in [-0.1, -0.05) is 32.4 Å². The van der Waals surface area contributed by atoms with Crippen LogP contribution >= 0.6 is 0 Å². The Morgan fingerprint density at radius 2 is 1.67 bits per heavy atom. The van der Waals surface area contributed by atoms with Crippen molar-refractivity contribution in [2.75, 3.05) is 6.61 Å². The highest BCUT2D eigenvalue weighted by molar-refractivity contribution is 6.21. The predicted molar refractivity (Wildman–Crippen MR) is 67.3 cm³/mol. The van der Waals surface area contributed by atoms with Crippen LogP contribution in [0.3, 0.4) is 0 Å². The summed E-state index contributed by atoms with van der Waals surface area (Å²) in [5.74, 6) is -0.512. The Hall–Kier alpha value is -1.68. The van der Waals surface area contributed by atoms with Crippen LogP contribution in [0.1, 0.15) is 41.0 Å². The Labute approximate surface area is 106 Å². The number of amides is 2. The molecule has 1 N–H and O–H groups in total. The molecule has 2 amide bonds. The fourth-order valence-electron chi connectivity index (χ4n) is 2.30. The maximum absolute atomic E-state index is 12.2. The van der Waals surface area contributed by atoms with Crippen LogP contribution in [0.15, 0.2) is 24.3 Å². The van der Waals surface area contributed by atoms with Gasteiger partial charge in [0.05, 0.1) is 23.8 Å². The SMILES string of the molecule is CCC(C)C(CO)N1C(=O)c2ccccc2C1=O. The van der Waals surface area contributed by atoms with E-state index in [1.807, 2.05) is 13.8 Å². The summed E-state index contributed by atoms with van der Waals surface area (Å²) in [6.07, 6.45) is 0.804. The number of fused-ring (bicyclic) bond motifs is 1. The van der Waals surface area contributed by atoms with Gasteiger partial charge < -0.3 is 5.11 Å². The van der Waals surface area contributed by atoms with Gasteiger partial charge in [-0.25, -0.2) is 0 Å². The second kappa shape index (κ2) is 4.90. The van der Waals surface area contributed by atoms with Crippen molar-refractivity contribution in [2.45, 2.75) is 26.3 Å². The predicted octanol–water partition coefficient (Wildman–Crippen LogP) is 1.69. The van der Waals surface area contributed by atoms with E-state index in [0.29, 0.717) is 11.1 Å². The molecule has 0 radical (unpaired) electrons. The van der Waals surface area contributed by atoms with Crippen LogP contribution in [-0.4, -0.2) is 34.5 Å². The number of hydrogen-bond acceptors (Lipinski definition) is 3. The summed E-state index contributed by atoms with van der Waals surface area (Å²) in [6.45, 7) is 3.72. The van der Waals surface area contributed by atoms with Crippen molar-refractivity contribution in [2.24, 2.45) is 5.92 Å². The Morgan fingerprint density at radius 1 is 1.17 bits per heavy atom. The standard InChI is InChI=1S/C14H17NO3/c1-3-9(2)12(8-16)15-13(17)10-6-4-5-7-11(10)14(15)18/h4-7,9,12,16H,3,8H2,1-2H3. The van der Waals surface area contributed by atoms with E-state index in [1.165, 1.54) is 4.90 Å². The normalized spacial score (nSPS) is 17.8. The molecule has 18 heavy (non-hydrogen) atoms. The van der Waals surface area contributed by atoms with Gasteiger partial charge in [0, 0.05) is 0 Å². The first-order valence-corrected chi connectivity index (χ1v) is 6.19. The molecule has 0 saturated carbocycles. The molecule has 2 unspecified atom stereocenters. The van der Waals surface area contributed by atoms with E-state index in [9.17, 15) is 14.7 Å². The summed E-state index contributed by atoms with van der Waals surface area (Å²) in [7, 11) is 0. The zero-order valence-electron chi connectivity index (χ0n) is 10.6. The molecule has 1 aromatic rings. The third kappa shape index (κ3) is 1.82. The number of carbonyl (C=O) groups is 2. The van der Waals surface area contributed by atoms with Crippen LogP contribution in [0.4, 0.5) is 0 Å². The smallest absolute Gasteiger partial charge is 0.261 e. The highest BCUT2D eigenvalue weighted by atomic mass is 16.3. The average Bonchev–Trinajstić information content (AvgIpc) is 2.65. The van der Waals surface area contributed by atoms with Gasteiger partial charge in [0.25, 0.3) is 11.8 Å². The van der Waals surface area contributed by atoms with Crippen molar-refractivity contribution < 1.29 is 14.7 Å². The van der Waals surface area contributed by atoms with Gasteiger partial charge in [-0.15, -0.1) is 0 Å². The minimum Gasteiger partial charge on any atom is -0.394 e. The number of hydrogen-bond donors (Lipinski definition) is 1. The van der Waals surface area contributed by atoms with Crippen molar-refractivity contribution in [1.29, 1.82) is 0 Å². The highest BCUT2D eigenvalue weighted by Crippen LogP contribution is 2.27. The maximum atomic E-state index is 12.2. The molecule has 0 spiro atoms. The van der Waals surface area contributed by atoms with E-state index >= 15 is 0 Å². The molecule has 1 aliphatic heterocycles. The number of rotatable bonds is 4. The van der Waals surface area contributed by atoms with Crippen LogP contribution < -0.4 is 0 Å². The molecule has 0 aliphatic carbocycles. The van der Waals surface area contributed by atoms with Crippen LogP contribution in [0.25, 0.3) is 0 Å². The molecular formula is C14H17NO3. The summed E-state index contributed by atoms with van der Waals surface area (Å²) in [6, 6.07) is 6.35. The first kappa shape index (κ1) is 12.8. The minimum atomic E-state index is -0.442. The third-order valence-electron chi connectivity index (χ3n) is 3.64. The van der Waals surface area contributed by atoms with E-state index in [-0.39, 0.29) is 24.3 Å². The Kier molecular flexibility index (Phi) is 3.48. The van der Waals surface area contributed by atoms with E-state index in [0.717, 1.165) is 6.42 Å². The maximum Gasteiger partial charge on any atom is 0.261 e. The van der Waals surface area contributed by atoms with Crippen molar-refractivity contribution in [3.05, 3.63) is 35.4 Å². The molecule has 0 bridgehead atoms. The zero-order valence-corrected chi connectivity index (χ0v) is 10.6. The third-order valence-corrected chi connectivity index (χ3v) is 3.64. The summed E-state index contributed by atoms with van der Waals surface area (Å²) in [5.41, 5.74) is 0.869. The number of nitrogens with zero attached hydrogens (tertiary/aromatic N) is 1. The topological polar surface area (TPSA) is 57.6 Å². The van der Waals surface area contributed by atoms with Gasteiger partial charge in [-0.2, -0.15) is 0 Å². The quantitative estimate of drug-likeness (QED) is 0.824. The van der Waals surface area contributed by atoms with Crippen molar-refractivity contribution in [3.8, 4) is 0 Å². The van der Waals surface area contributed by atoms with Crippen molar-refractivity contribution >= 4 is 11.8 Å². The summed E-state index contributed by atoms with van der Waals surface area (Å²) < 4.78 is 0. The molecule has 2 rings (SSSR count). The van der Waals surface area contributed by atoms with Crippen molar-refractivity contribution in [3.63, 3.8) is 0 Å². The first-order valence-electron chi connectivity index (χ1n) is 6.19. The highest BCUT2D eigenvalue weighted by Gasteiger charge is 2.40. The van der Waals surface area contributed by atoms with Gasteiger partial charge in [-0.05, 0) is 18.1 Å². The molecular weight excluding hydrogens is 230 g/mol. The minimum absolute atomic E-state index is 0.0808. The molecule has 1 aliphatic rings. The van der Waals surface area contributed by atoms with Crippen LogP contribution in [0.2, 0.25) is 0 Å². The molecule has 0 saturated heterocycles. The van der Waals surface area contributed by atoms with E-state index in [4.69, 9.17) is 0 Å². The Balaban J connectivity index is 2.38. The Bertz CT molecular complexity index is 449. The second-order valence-electron chi connectivity index (χ2n) is 4.66. The lowest BCUT2D eigenvalue weighted by molar-refractivity contribution is 0.0436. The first-order chi connectivity index (χ1) is 8.61. The molecule has 0 fully saturated rings. The summed E-state index contributed by atoms with van der Waals surface area (Å²) in [5, 5.41) is 9.46. The molecule has 2 atom stereocenters. The fourth-order valence-corrected chi connectivity index (χ4v) is 2.30. The fraction of sp³-hybridized carbons (Fsp3) is 0.429. The molecule has 1 heterocycles. The average molecular weight is 247 g/mol. The number of aliphatic hydroxyl groups is 1. The number of benzene rings is 1. The van der Waals surface area contributed by atoms with E-state index in [1.54, 1.807) is 24.3 Å². The lowest BCUT2D eigenvalue weighted by Gasteiger charge is -2.29. The second-order valence-corrected chi connectivity index (χ2v) is 4.66. The lowest BCUT2D eigenvalue weighted by atomic mass is 9.98. The Morgan fingerprint density at radius 3 is 2.06 bits per heavy atom. The summed E-state index contributed by atoms with van der Waals surface area (Å²) in [4.78, 5) is 25.7. The van der Waals surface area contributed by atoms with Gasteiger partial charge in [0.2, 0.25) is 0 Å². The number of aliphatic hydroxyl groups excluding tert-OH is 1. The van der Waals surface area contributed by atoms with Gasteiger partial charge in [-0.3, -0.25) is 14.5 Å². The molecule has 1 aromatic carbocycles.